The zero-order chi connectivity index (χ0) is 20.7. The molecule has 1 N–H and O–H groups in total. The number of carbonyl (C=O) groups excluding carboxylic acids is 2. The van der Waals surface area contributed by atoms with Gasteiger partial charge in [0, 0.05) is 19.6 Å². The van der Waals surface area contributed by atoms with Gasteiger partial charge in [0.15, 0.2) is 11.8 Å². The molecule has 2 aliphatic rings. The summed E-state index contributed by atoms with van der Waals surface area (Å²) in [5.41, 5.74) is 2.61. The highest BCUT2D eigenvalue weighted by Gasteiger charge is 2.42. The first-order valence-electron chi connectivity index (χ1n) is 10.4. The minimum absolute atomic E-state index is 0.155. The van der Waals surface area contributed by atoms with Crippen LogP contribution in [0.25, 0.3) is 11.5 Å². The Labute approximate surface area is 174 Å². The van der Waals surface area contributed by atoms with E-state index in [0.29, 0.717) is 29.3 Å². The van der Waals surface area contributed by atoms with Gasteiger partial charge in [-0.15, -0.1) is 0 Å². The fourth-order valence-corrected chi connectivity index (χ4v) is 4.58. The number of nitrogens with zero attached hydrogens (tertiary/aromatic N) is 3. The molecule has 1 unspecified atom stereocenters. The second kappa shape index (κ2) is 7.48. The highest BCUT2D eigenvalue weighted by atomic mass is 16.3. The third-order valence-corrected chi connectivity index (χ3v) is 6.07. The van der Waals surface area contributed by atoms with Gasteiger partial charge in [0.1, 0.15) is 5.69 Å². The second-order valence-corrected chi connectivity index (χ2v) is 8.06. The molecule has 1 fully saturated rings. The van der Waals surface area contributed by atoms with Gasteiger partial charge in [0.25, 0.3) is 5.91 Å². The number of aryl methyl sites for hydroxylation is 1. The van der Waals surface area contributed by atoms with E-state index in [1.807, 2.05) is 41.9 Å². The molecule has 0 spiro atoms. The maximum Gasteiger partial charge on any atom is 0.259 e. The Hall–Kier alpha value is -3.35. The number of fused-ring (bicyclic) bond motifs is 3. The van der Waals surface area contributed by atoms with Crippen LogP contribution in [0.15, 0.2) is 53.4 Å². The molecule has 3 aromatic rings. The van der Waals surface area contributed by atoms with E-state index >= 15 is 0 Å². The summed E-state index contributed by atoms with van der Waals surface area (Å²) in [6, 6.07) is 10.8. The minimum atomic E-state index is -0.789. The van der Waals surface area contributed by atoms with Crippen molar-refractivity contribution >= 4 is 11.8 Å². The summed E-state index contributed by atoms with van der Waals surface area (Å²) in [4.78, 5) is 33.3. The van der Waals surface area contributed by atoms with Gasteiger partial charge in [0.05, 0.1) is 23.8 Å². The summed E-state index contributed by atoms with van der Waals surface area (Å²) in [6.07, 6.45) is 7.36. The zero-order valence-corrected chi connectivity index (χ0v) is 16.9. The van der Waals surface area contributed by atoms with Crippen LogP contribution in [0.4, 0.5) is 0 Å². The molecule has 1 aromatic carbocycles. The zero-order valence-electron chi connectivity index (χ0n) is 16.9. The molecule has 1 atom stereocenters. The number of hydrogen-bond acceptors (Lipinski definition) is 4. The minimum Gasteiger partial charge on any atom is -0.462 e. The Morgan fingerprint density at radius 2 is 1.97 bits per heavy atom. The quantitative estimate of drug-likeness (QED) is 0.722. The van der Waals surface area contributed by atoms with Crippen molar-refractivity contribution in [3.8, 4) is 11.5 Å². The fourth-order valence-electron chi connectivity index (χ4n) is 4.58. The molecule has 154 valence electrons. The summed E-state index contributed by atoms with van der Waals surface area (Å²) < 4.78 is 7.47. The lowest BCUT2D eigenvalue weighted by Gasteiger charge is -2.31. The maximum absolute atomic E-state index is 13.6. The van der Waals surface area contributed by atoms with Crippen molar-refractivity contribution in [1.82, 2.24) is 19.8 Å². The van der Waals surface area contributed by atoms with E-state index in [1.54, 1.807) is 17.3 Å². The molecule has 3 heterocycles. The Balaban J connectivity index is 1.62. The lowest BCUT2D eigenvalue weighted by molar-refractivity contribution is -0.127. The van der Waals surface area contributed by atoms with Gasteiger partial charge in [-0.2, -0.15) is 0 Å². The van der Waals surface area contributed by atoms with Gasteiger partial charge >= 0.3 is 0 Å². The average molecular weight is 404 g/mol. The Morgan fingerprint density at radius 3 is 2.73 bits per heavy atom. The molecule has 30 heavy (non-hydrogen) atoms. The van der Waals surface area contributed by atoms with Crippen LogP contribution >= 0.6 is 0 Å². The Morgan fingerprint density at radius 1 is 1.20 bits per heavy atom. The monoisotopic (exact) mass is 404 g/mol. The lowest BCUT2D eigenvalue weighted by atomic mass is 10.1. The van der Waals surface area contributed by atoms with Crippen LogP contribution in [0, 0.1) is 0 Å². The van der Waals surface area contributed by atoms with Crippen molar-refractivity contribution in [3.05, 3.63) is 65.8 Å². The predicted molar refractivity (Wildman–Crippen MR) is 110 cm³/mol. The summed E-state index contributed by atoms with van der Waals surface area (Å²) in [6.45, 7) is 0.317. The van der Waals surface area contributed by atoms with Gasteiger partial charge in [-0.3, -0.25) is 9.59 Å². The summed E-state index contributed by atoms with van der Waals surface area (Å²) in [5.74, 6) is 0.0261. The Kier molecular flexibility index (Phi) is 4.65. The molecule has 7 nitrogen and oxygen atoms in total. The molecule has 5 rings (SSSR count). The summed E-state index contributed by atoms with van der Waals surface area (Å²) in [7, 11) is 1.85. The van der Waals surface area contributed by atoms with Crippen LogP contribution in [0.1, 0.15) is 53.3 Å². The van der Waals surface area contributed by atoms with E-state index in [-0.39, 0.29) is 17.9 Å². The first kappa shape index (κ1) is 18.7. The molecular weight excluding hydrogens is 380 g/mol. The van der Waals surface area contributed by atoms with Crippen molar-refractivity contribution in [2.45, 2.75) is 44.3 Å². The van der Waals surface area contributed by atoms with Crippen LogP contribution in [0.3, 0.4) is 0 Å². The third kappa shape index (κ3) is 3.10. The van der Waals surface area contributed by atoms with Crippen molar-refractivity contribution in [2.75, 3.05) is 0 Å². The smallest absolute Gasteiger partial charge is 0.259 e. The number of imidazole rings is 1. The fraction of sp³-hybridized carbons (Fsp3) is 0.348. The number of benzene rings is 1. The van der Waals surface area contributed by atoms with Crippen LogP contribution in [-0.2, 0) is 18.4 Å². The molecule has 0 bridgehead atoms. The van der Waals surface area contributed by atoms with Gasteiger partial charge in [0.2, 0.25) is 5.91 Å². The Bertz CT molecular complexity index is 1080. The maximum atomic E-state index is 13.6. The largest absolute Gasteiger partial charge is 0.462 e. The molecule has 1 aliphatic carbocycles. The summed E-state index contributed by atoms with van der Waals surface area (Å²) in [5, 5.41) is 3.18. The number of rotatable bonds is 4. The number of hydrogen-bond donors (Lipinski definition) is 1. The number of furan rings is 1. The van der Waals surface area contributed by atoms with E-state index in [9.17, 15) is 9.59 Å². The normalized spacial score (nSPS) is 18.8. The highest BCUT2D eigenvalue weighted by molar-refractivity contribution is 6.04. The summed E-state index contributed by atoms with van der Waals surface area (Å²) >= 11 is 0. The van der Waals surface area contributed by atoms with Crippen molar-refractivity contribution in [1.29, 1.82) is 0 Å². The SMILES string of the molecule is Cn1cnc2c1C(C(=O)NC1CCCC1)N(Cc1ccccc1)C(=O)c1ccoc1-2. The standard InChI is InChI=1S/C23H24N4O3/c1-26-14-24-18-19(26)20(22(28)25-16-9-5-6-10-16)27(13-15-7-3-2-4-8-15)23(29)17-11-12-30-21(17)18/h2-4,7-8,11-12,14,16,20H,5-6,9-10,13H2,1H3,(H,25,28). The molecule has 2 amide bonds. The average Bonchev–Trinajstić information content (AvgIpc) is 3.49. The predicted octanol–water partition coefficient (Wildman–Crippen LogP) is 3.44. The second-order valence-electron chi connectivity index (χ2n) is 8.06. The first-order valence-corrected chi connectivity index (χ1v) is 10.4. The topological polar surface area (TPSA) is 80.4 Å². The lowest BCUT2D eigenvalue weighted by Crippen LogP contribution is -2.46. The molecule has 2 aromatic heterocycles. The van der Waals surface area contributed by atoms with Crippen LogP contribution in [-0.4, -0.2) is 32.3 Å². The van der Waals surface area contributed by atoms with E-state index in [1.165, 1.54) is 6.26 Å². The van der Waals surface area contributed by atoms with E-state index in [0.717, 1.165) is 31.2 Å². The molecule has 1 aliphatic heterocycles. The van der Waals surface area contributed by atoms with Crippen LogP contribution in [0.5, 0.6) is 0 Å². The van der Waals surface area contributed by atoms with Crippen molar-refractivity contribution in [3.63, 3.8) is 0 Å². The van der Waals surface area contributed by atoms with Gasteiger partial charge in [-0.25, -0.2) is 4.98 Å². The molecule has 7 heteroatoms. The molecular formula is C23H24N4O3. The van der Waals surface area contributed by atoms with Crippen LogP contribution < -0.4 is 5.32 Å². The highest BCUT2D eigenvalue weighted by Crippen LogP contribution is 2.39. The van der Waals surface area contributed by atoms with Crippen LogP contribution in [0.2, 0.25) is 0 Å². The van der Waals surface area contributed by atoms with Gasteiger partial charge in [-0.1, -0.05) is 43.2 Å². The third-order valence-electron chi connectivity index (χ3n) is 6.07. The number of nitrogens with one attached hydrogen (secondary N) is 1. The van der Waals surface area contributed by atoms with Crippen molar-refractivity contribution in [2.24, 2.45) is 7.05 Å². The first-order chi connectivity index (χ1) is 14.6. The van der Waals surface area contributed by atoms with Gasteiger partial charge in [-0.05, 0) is 24.5 Å². The van der Waals surface area contributed by atoms with E-state index in [2.05, 4.69) is 10.3 Å². The molecule has 0 radical (unpaired) electrons. The number of carbonyl (C=O) groups is 2. The van der Waals surface area contributed by atoms with E-state index in [4.69, 9.17) is 4.42 Å². The number of aromatic nitrogens is 2. The van der Waals surface area contributed by atoms with Crippen molar-refractivity contribution < 1.29 is 14.0 Å². The van der Waals surface area contributed by atoms with E-state index < -0.39 is 6.04 Å². The number of amides is 2. The molecule has 0 saturated heterocycles. The molecule has 1 saturated carbocycles. The van der Waals surface area contributed by atoms with Gasteiger partial charge < -0.3 is 19.2 Å².